The zero-order chi connectivity index (χ0) is 13.9. The van der Waals surface area contributed by atoms with E-state index in [4.69, 9.17) is 16.9 Å². The first kappa shape index (κ1) is 13.9. The van der Waals surface area contributed by atoms with Crippen molar-refractivity contribution in [3.05, 3.63) is 34.3 Å². The number of rotatable bonds is 3. The van der Waals surface area contributed by atoms with Gasteiger partial charge in [-0.1, -0.05) is 30.5 Å². The Morgan fingerprint density at radius 3 is 2.70 bits per heavy atom. The second kappa shape index (κ2) is 6.16. The van der Waals surface area contributed by atoms with Crippen molar-refractivity contribution in [1.29, 1.82) is 5.26 Å². The predicted molar refractivity (Wildman–Crippen MR) is 81.6 cm³/mol. The van der Waals surface area contributed by atoms with Gasteiger partial charge in [-0.2, -0.15) is 5.26 Å². The van der Waals surface area contributed by atoms with Crippen molar-refractivity contribution in [3.8, 4) is 6.07 Å². The van der Waals surface area contributed by atoms with Crippen molar-refractivity contribution in [2.24, 2.45) is 5.92 Å². The summed E-state index contributed by atoms with van der Waals surface area (Å²) in [5.41, 5.74) is 1.81. The molecule has 0 aromatic heterocycles. The van der Waals surface area contributed by atoms with Crippen LogP contribution in [0.3, 0.4) is 0 Å². The molecule has 3 heteroatoms. The first-order valence-corrected chi connectivity index (χ1v) is 8.08. The fourth-order valence-corrected chi connectivity index (χ4v) is 4.13. The molecule has 2 aliphatic rings. The van der Waals surface area contributed by atoms with E-state index in [-0.39, 0.29) is 0 Å². The van der Waals surface area contributed by atoms with Crippen LogP contribution in [-0.4, -0.2) is 17.5 Å². The molecule has 3 rings (SSSR count). The zero-order valence-corrected chi connectivity index (χ0v) is 12.6. The summed E-state index contributed by atoms with van der Waals surface area (Å²) < 4.78 is 0. The van der Waals surface area contributed by atoms with E-state index in [1.807, 2.05) is 12.1 Å². The van der Waals surface area contributed by atoms with Gasteiger partial charge in [-0.05, 0) is 55.8 Å². The number of likely N-dealkylation sites (tertiary alicyclic amines) is 1. The van der Waals surface area contributed by atoms with Crippen LogP contribution < -0.4 is 0 Å². The largest absolute Gasteiger partial charge is 0.296 e. The molecule has 0 bridgehead atoms. The van der Waals surface area contributed by atoms with Gasteiger partial charge in [0.25, 0.3) is 0 Å². The second-order valence-electron chi connectivity index (χ2n) is 6.14. The lowest BCUT2D eigenvalue weighted by molar-refractivity contribution is 0.183. The normalized spacial score (nSPS) is 24.1. The maximum atomic E-state index is 8.90. The van der Waals surface area contributed by atoms with Gasteiger partial charge < -0.3 is 0 Å². The molecule has 1 aliphatic carbocycles. The third kappa shape index (κ3) is 2.85. The minimum Gasteiger partial charge on any atom is -0.296 e. The fourth-order valence-electron chi connectivity index (χ4n) is 3.89. The summed E-state index contributed by atoms with van der Waals surface area (Å²) in [7, 11) is 0. The van der Waals surface area contributed by atoms with E-state index in [9.17, 15) is 0 Å². The van der Waals surface area contributed by atoms with Gasteiger partial charge in [0.15, 0.2) is 0 Å². The van der Waals surface area contributed by atoms with Crippen molar-refractivity contribution >= 4 is 11.6 Å². The van der Waals surface area contributed by atoms with Crippen molar-refractivity contribution in [1.82, 2.24) is 4.90 Å². The number of hydrogen-bond donors (Lipinski definition) is 0. The topological polar surface area (TPSA) is 27.0 Å². The average molecular weight is 289 g/mol. The van der Waals surface area contributed by atoms with E-state index in [0.29, 0.717) is 5.56 Å². The van der Waals surface area contributed by atoms with Gasteiger partial charge in [0.1, 0.15) is 0 Å². The van der Waals surface area contributed by atoms with E-state index < -0.39 is 0 Å². The molecular formula is C17H21ClN2. The Morgan fingerprint density at radius 2 is 2.00 bits per heavy atom. The molecule has 0 N–H and O–H groups in total. The number of nitriles is 1. The van der Waals surface area contributed by atoms with E-state index in [2.05, 4.69) is 11.0 Å². The van der Waals surface area contributed by atoms with E-state index >= 15 is 0 Å². The standard InChI is InChI=1S/C17H21ClN2/c18-16-10-13(11-19)7-8-15(16)12-20-9-3-6-17(20)14-4-1-2-5-14/h7-8,10,14,17H,1-6,9,12H2. The van der Waals surface area contributed by atoms with E-state index in [1.165, 1.54) is 45.1 Å². The maximum Gasteiger partial charge on any atom is 0.0992 e. The molecule has 0 amide bonds. The molecule has 1 unspecified atom stereocenters. The second-order valence-corrected chi connectivity index (χ2v) is 6.55. The van der Waals surface area contributed by atoms with Crippen LogP contribution in [0.15, 0.2) is 18.2 Å². The van der Waals surface area contributed by atoms with Crippen LogP contribution in [0.4, 0.5) is 0 Å². The summed E-state index contributed by atoms with van der Waals surface area (Å²) >= 11 is 6.32. The Morgan fingerprint density at radius 1 is 1.20 bits per heavy atom. The molecule has 20 heavy (non-hydrogen) atoms. The molecule has 1 aliphatic heterocycles. The Hall–Kier alpha value is -1.04. The minimum atomic E-state index is 0.646. The number of halogens is 1. The van der Waals surface area contributed by atoms with Crippen LogP contribution >= 0.6 is 11.6 Å². The molecule has 1 heterocycles. The van der Waals surface area contributed by atoms with Crippen molar-refractivity contribution in [2.45, 2.75) is 51.1 Å². The van der Waals surface area contributed by atoms with Gasteiger partial charge in [-0.25, -0.2) is 0 Å². The lowest BCUT2D eigenvalue weighted by Gasteiger charge is -2.29. The lowest BCUT2D eigenvalue weighted by Crippen LogP contribution is -2.34. The smallest absolute Gasteiger partial charge is 0.0992 e. The number of nitrogens with zero attached hydrogens (tertiary/aromatic N) is 2. The van der Waals surface area contributed by atoms with Crippen LogP contribution in [0.2, 0.25) is 5.02 Å². The quantitative estimate of drug-likeness (QED) is 0.826. The third-order valence-electron chi connectivity index (χ3n) is 4.91. The number of benzene rings is 1. The summed E-state index contributed by atoms with van der Waals surface area (Å²) in [4.78, 5) is 2.61. The number of hydrogen-bond acceptors (Lipinski definition) is 2. The fraction of sp³-hybridized carbons (Fsp3) is 0.588. The SMILES string of the molecule is N#Cc1ccc(CN2CCCC2C2CCCC2)c(Cl)c1. The van der Waals surface area contributed by atoms with Crippen LogP contribution in [0.25, 0.3) is 0 Å². The molecule has 0 radical (unpaired) electrons. The van der Waals surface area contributed by atoms with Gasteiger partial charge in [0, 0.05) is 17.6 Å². The lowest BCUT2D eigenvalue weighted by atomic mass is 9.95. The van der Waals surface area contributed by atoms with Crippen molar-refractivity contribution < 1.29 is 0 Å². The molecule has 1 atom stereocenters. The summed E-state index contributed by atoms with van der Waals surface area (Å²) in [5, 5.41) is 9.64. The van der Waals surface area contributed by atoms with Gasteiger partial charge in [0.2, 0.25) is 0 Å². The summed E-state index contributed by atoms with van der Waals surface area (Å²) in [5.74, 6) is 0.898. The van der Waals surface area contributed by atoms with Crippen molar-refractivity contribution in [3.63, 3.8) is 0 Å². The van der Waals surface area contributed by atoms with Crippen LogP contribution in [0.5, 0.6) is 0 Å². The summed E-state index contributed by atoms with van der Waals surface area (Å²) in [6.07, 6.45) is 8.29. The van der Waals surface area contributed by atoms with Gasteiger partial charge in [-0.3, -0.25) is 4.90 Å². The van der Waals surface area contributed by atoms with E-state index in [0.717, 1.165) is 29.1 Å². The zero-order valence-electron chi connectivity index (χ0n) is 11.8. The highest BCUT2D eigenvalue weighted by Crippen LogP contribution is 2.36. The molecular weight excluding hydrogens is 268 g/mol. The molecule has 1 saturated heterocycles. The van der Waals surface area contributed by atoms with Gasteiger partial charge >= 0.3 is 0 Å². The van der Waals surface area contributed by atoms with Crippen LogP contribution in [0.1, 0.15) is 49.7 Å². The third-order valence-corrected chi connectivity index (χ3v) is 5.27. The Kier molecular flexibility index (Phi) is 4.29. The summed E-state index contributed by atoms with van der Waals surface area (Å²) in [6.45, 7) is 2.13. The molecule has 0 spiro atoms. The monoisotopic (exact) mass is 288 g/mol. The van der Waals surface area contributed by atoms with Crippen LogP contribution in [0, 0.1) is 17.2 Å². The van der Waals surface area contributed by atoms with E-state index in [1.54, 1.807) is 6.07 Å². The highest BCUT2D eigenvalue weighted by atomic mass is 35.5. The maximum absolute atomic E-state index is 8.90. The average Bonchev–Trinajstić information content (AvgIpc) is 3.11. The van der Waals surface area contributed by atoms with Crippen LogP contribution in [-0.2, 0) is 6.54 Å². The van der Waals surface area contributed by atoms with Crippen molar-refractivity contribution in [2.75, 3.05) is 6.54 Å². The van der Waals surface area contributed by atoms with Gasteiger partial charge in [-0.15, -0.1) is 0 Å². The van der Waals surface area contributed by atoms with Gasteiger partial charge in [0.05, 0.1) is 11.6 Å². The Bertz CT molecular complexity index is 514. The Labute approximate surface area is 126 Å². The summed E-state index contributed by atoms with van der Waals surface area (Å²) in [6, 6.07) is 8.58. The molecule has 1 aromatic rings. The first-order chi connectivity index (χ1) is 9.78. The molecule has 2 fully saturated rings. The minimum absolute atomic E-state index is 0.646. The first-order valence-electron chi connectivity index (χ1n) is 7.70. The molecule has 1 saturated carbocycles. The highest BCUT2D eigenvalue weighted by Gasteiger charge is 2.33. The predicted octanol–water partition coefficient (Wildman–Crippen LogP) is 4.37. The Balaban J connectivity index is 1.71. The molecule has 1 aromatic carbocycles. The highest BCUT2D eigenvalue weighted by molar-refractivity contribution is 6.31. The molecule has 2 nitrogen and oxygen atoms in total. The molecule has 106 valence electrons.